The Kier molecular flexibility index (Phi) is 4.80. The Hall–Kier alpha value is -2.74. The molecule has 2 N–H and O–H groups in total. The molecule has 2 heterocycles. The van der Waals surface area contributed by atoms with Gasteiger partial charge in [0.05, 0.1) is 4.92 Å². The first-order chi connectivity index (χ1) is 12.0. The molecule has 2 aromatic rings. The molecule has 0 radical (unpaired) electrons. The van der Waals surface area contributed by atoms with Crippen molar-refractivity contribution in [2.75, 3.05) is 23.7 Å². The average Bonchev–Trinajstić information content (AvgIpc) is 2.61. The van der Waals surface area contributed by atoms with E-state index in [-0.39, 0.29) is 23.2 Å². The number of rotatable bonds is 4. The lowest BCUT2D eigenvalue weighted by atomic mass is 9.89. The molecular weight excluding hydrogens is 346 g/mol. The number of carbonyl (C=O) groups is 1. The van der Waals surface area contributed by atoms with Gasteiger partial charge in [-0.1, -0.05) is 11.6 Å². The van der Waals surface area contributed by atoms with Crippen LogP contribution in [0.25, 0.3) is 0 Å². The third-order valence-corrected chi connectivity index (χ3v) is 4.51. The number of aromatic nitrogens is 2. The molecule has 25 heavy (non-hydrogen) atoms. The summed E-state index contributed by atoms with van der Waals surface area (Å²) in [5.41, 5.74) is 5.95. The predicted octanol–water partition coefficient (Wildman–Crippen LogP) is 2.72. The molecule has 8 nitrogen and oxygen atoms in total. The van der Waals surface area contributed by atoms with Gasteiger partial charge in [0, 0.05) is 29.6 Å². The van der Waals surface area contributed by atoms with Crippen molar-refractivity contribution in [3.63, 3.8) is 0 Å². The fraction of sp³-hybridized carbons (Fsp3) is 0.312. The number of halogens is 1. The van der Waals surface area contributed by atoms with Crippen LogP contribution < -0.4 is 10.6 Å². The van der Waals surface area contributed by atoms with Gasteiger partial charge in [0.15, 0.2) is 5.78 Å². The van der Waals surface area contributed by atoms with Crippen LogP contribution >= 0.6 is 11.6 Å². The Morgan fingerprint density at radius 3 is 2.48 bits per heavy atom. The second-order valence-electron chi connectivity index (χ2n) is 5.83. The SMILES string of the molecule is Nc1nc(N2CCC(C(=O)c3ccc(Cl)cc3)CC2)ncc1[N+](=O)[O-]. The maximum absolute atomic E-state index is 12.5. The summed E-state index contributed by atoms with van der Waals surface area (Å²) in [6.45, 7) is 1.17. The molecule has 1 aromatic heterocycles. The van der Waals surface area contributed by atoms with Gasteiger partial charge in [-0.2, -0.15) is 4.98 Å². The lowest BCUT2D eigenvalue weighted by molar-refractivity contribution is -0.384. The Morgan fingerprint density at radius 1 is 1.28 bits per heavy atom. The molecule has 0 amide bonds. The number of nitro groups is 1. The maximum atomic E-state index is 12.5. The number of nitrogens with zero attached hydrogens (tertiary/aromatic N) is 4. The second kappa shape index (κ2) is 7.02. The highest BCUT2D eigenvalue weighted by molar-refractivity contribution is 6.30. The van der Waals surface area contributed by atoms with E-state index in [1.807, 2.05) is 4.90 Å². The van der Waals surface area contributed by atoms with Gasteiger partial charge in [-0.3, -0.25) is 14.9 Å². The van der Waals surface area contributed by atoms with Crippen molar-refractivity contribution in [2.24, 2.45) is 5.92 Å². The van der Waals surface area contributed by atoms with Crippen LogP contribution in [0, 0.1) is 16.0 Å². The first-order valence-electron chi connectivity index (χ1n) is 7.77. The number of piperidine rings is 1. The van der Waals surface area contributed by atoms with Crippen LogP contribution in [0.3, 0.4) is 0 Å². The molecule has 0 atom stereocenters. The highest BCUT2D eigenvalue weighted by Crippen LogP contribution is 2.26. The van der Waals surface area contributed by atoms with E-state index < -0.39 is 4.92 Å². The van der Waals surface area contributed by atoms with Crippen molar-refractivity contribution >= 4 is 34.8 Å². The molecule has 0 bridgehead atoms. The predicted molar refractivity (Wildman–Crippen MR) is 93.8 cm³/mol. The summed E-state index contributed by atoms with van der Waals surface area (Å²) in [5.74, 6) is 0.211. The smallest absolute Gasteiger partial charge is 0.329 e. The minimum atomic E-state index is -0.615. The molecule has 1 saturated heterocycles. The Labute approximate surface area is 148 Å². The third kappa shape index (κ3) is 3.69. The Bertz CT molecular complexity index is 804. The van der Waals surface area contributed by atoms with Crippen LogP contribution in [0.1, 0.15) is 23.2 Å². The largest absolute Gasteiger partial charge is 0.378 e. The Morgan fingerprint density at radius 2 is 1.92 bits per heavy atom. The van der Waals surface area contributed by atoms with Crippen LogP contribution in [0.15, 0.2) is 30.5 Å². The number of nitrogen functional groups attached to an aromatic ring is 1. The molecule has 0 aliphatic carbocycles. The number of hydrogen-bond acceptors (Lipinski definition) is 7. The van der Waals surface area contributed by atoms with Gasteiger partial charge in [-0.05, 0) is 37.1 Å². The number of nitrogens with two attached hydrogens (primary N) is 1. The summed E-state index contributed by atoms with van der Waals surface area (Å²) in [7, 11) is 0. The van der Waals surface area contributed by atoms with Crippen molar-refractivity contribution in [1.29, 1.82) is 0 Å². The van der Waals surface area contributed by atoms with E-state index >= 15 is 0 Å². The van der Waals surface area contributed by atoms with Gasteiger partial charge in [-0.25, -0.2) is 4.98 Å². The summed E-state index contributed by atoms with van der Waals surface area (Å²) in [6.07, 6.45) is 2.42. The zero-order valence-electron chi connectivity index (χ0n) is 13.3. The van der Waals surface area contributed by atoms with Gasteiger partial charge in [0.25, 0.3) is 0 Å². The third-order valence-electron chi connectivity index (χ3n) is 4.26. The van der Waals surface area contributed by atoms with Crippen LogP contribution in [-0.2, 0) is 0 Å². The number of benzene rings is 1. The molecule has 0 unspecified atom stereocenters. The van der Waals surface area contributed by atoms with Crippen molar-refractivity contribution in [1.82, 2.24) is 9.97 Å². The van der Waals surface area contributed by atoms with Crippen molar-refractivity contribution in [3.05, 3.63) is 51.2 Å². The monoisotopic (exact) mass is 361 g/mol. The van der Waals surface area contributed by atoms with Gasteiger partial charge in [0.1, 0.15) is 6.20 Å². The number of anilines is 2. The molecule has 1 fully saturated rings. The number of carbonyl (C=O) groups excluding carboxylic acids is 1. The molecule has 9 heteroatoms. The first kappa shape index (κ1) is 17.1. The molecule has 130 valence electrons. The highest BCUT2D eigenvalue weighted by Gasteiger charge is 2.27. The Balaban J connectivity index is 1.65. The van der Waals surface area contributed by atoms with Crippen molar-refractivity contribution in [2.45, 2.75) is 12.8 Å². The number of hydrogen-bond donors (Lipinski definition) is 1. The lowest BCUT2D eigenvalue weighted by Crippen LogP contribution is -2.37. The summed E-state index contributed by atoms with van der Waals surface area (Å²) < 4.78 is 0. The van der Waals surface area contributed by atoms with Crippen LogP contribution in [-0.4, -0.2) is 33.8 Å². The zero-order chi connectivity index (χ0) is 18.0. The lowest BCUT2D eigenvalue weighted by Gasteiger charge is -2.31. The quantitative estimate of drug-likeness (QED) is 0.505. The summed E-state index contributed by atoms with van der Waals surface area (Å²) >= 11 is 5.85. The fourth-order valence-electron chi connectivity index (χ4n) is 2.86. The average molecular weight is 362 g/mol. The summed E-state index contributed by atoms with van der Waals surface area (Å²) in [6, 6.07) is 6.88. The zero-order valence-corrected chi connectivity index (χ0v) is 14.0. The van der Waals surface area contributed by atoms with E-state index in [4.69, 9.17) is 17.3 Å². The molecule has 3 rings (SSSR count). The van der Waals surface area contributed by atoms with Gasteiger partial charge < -0.3 is 10.6 Å². The van der Waals surface area contributed by atoms with E-state index in [0.717, 1.165) is 6.20 Å². The molecular formula is C16H16ClN5O3. The first-order valence-corrected chi connectivity index (χ1v) is 8.15. The van der Waals surface area contributed by atoms with E-state index in [0.29, 0.717) is 42.5 Å². The molecule has 0 spiro atoms. The standard InChI is InChI=1S/C16H16ClN5O3/c17-12-3-1-10(2-4-12)14(23)11-5-7-21(8-6-11)16-19-9-13(22(24)25)15(18)20-16/h1-4,9,11H,5-8H2,(H2,18,19,20). The van der Waals surface area contributed by atoms with Crippen molar-refractivity contribution < 1.29 is 9.72 Å². The van der Waals surface area contributed by atoms with Crippen LogP contribution in [0.2, 0.25) is 5.02 Å². The van der Waals surface area contributed by atoms with E-state index in [9.17, 15) is 14.9 Å². The fourth-order valence-corrected chi connectivity index (χ4v) is 2.99. The normalized spacial score (nSPS) is 15.2. The molecule has 1 aliphatic rings. The number of Topliss-reactive ketones (excluding diaryl/α,β-unsaturated/α-hetero) is 1. The van der Waals surface area contributed by atoms with E-state index in [1.165, 1.54) is 0 Å². The maximum Gasteiger partial charge on any atom is 0.329 e. The topological polar surface area (TPSA) is 115 Å². The molecule has 1 aromatic carbocycles. The van der Waals surface area contributed by atoms with Gasteiger partial charge in [0.2, 0.25) is 11.8 Å². The highest BCUT2D eigenvalue weighted by atomic mass is 35.5. The van der Waals surface area contributed by atoms with Gasteiger partial charge >= 0.3 is 5.69 Å². The van der Waals surface area contributed by atoms with E-state index in [2.05, 4.69) is 9.97 Å². The number of ketones is 1. The molecule has 0 saturated carbocycles. The second-order valence-corrected chi connectivity index (χ2v) is 6.27. The summed E-state index contributed by atoms with van der Waals surface area (Å²) in [4.78, 5) is 32.6. The minimum Gasteiger partial charge on any atom is -0.378 e. The molecule has 1 aliphatic heterocycles. The van der Waals surface area contributed by atoms with Crippen LogP contribution in [0.5, 0.6) is 0 Å². The van der Waals surface area contributed by atoms with E-state index in [1.54, 1.807) is 24.3 Å². The summed E-state index contributed by atoms with van der Waals surface area (Å²) in [5, 5.41) is 11.4. The van der Waals surface area contributed by atoms with Gasteiger partial charge in [-0.15, -0.1) is 0 Å². The van der Waals surface area contributed by atoms with Crippen molar-refractivity contribution in [3.8, 4) is 0 Å². The van der Waals surface area contributed by atoms with Crippen LogP contribution in [0.4, 0.5) is 17.5 Å². The minimum absolute atomic E-state index is 0.0761.